The molecule has 0 aliphatic carbocycles. The van der Waals surface area contributed by atoms with E-state index in [1.807, 2.05) is 6.92 Å². The molecule has 2 heteroatoms. The SMILES string of the molecule is C=C[C@H](C)[C@@H](O)[C@]1(C[C@@H](C)CC)CO1. The second-order valence-electron chi connectivity index (χ2n) is 4.61. The summed E-state index contributed by atoms with van der Waals surface area (Å²) in [5, 5.41) is 10.1. The summed E-state index contributed by atoms with van der Waals surface area (Å²) in [7, 11) is 0. The molecular formula is C12H22O2. The minimum atomic E-state index is -0.394. The minimum Gasteiger partial charge on any atom is -0.389 e. The molecule has 1 heterocycles. The van der Waals surface area contributed by atoms with Crippen molar-refractivity contribution in [2.45, 2.75) is 45.3 Å². The van der Waals surface area contributed by atoms with Crippen LogP contribution in [0.5, 0.6) is 0 Å². The van der Waals surface area contributed by atoms with Gasteiger partial charge in [-0.3, -0.25) is 0 Å². The fourth-order valence-electron chi connectivity index (χ4n) is 1.84. The molecule has 1 saturated heterocycles. The first-order valence-corrected chi connectivity index (χ1v) is 5.50. The first-order chi connectivity index (χ1) is 6.55. The van der Waals surface area contributed by atoms with E-state index >= 15 is 0 Å². The number of hydrogen-bond donors (Lipinski definition) is 1. The smallest absolute Gasteiger partial charge is 0.118 e. The van der Waals surface area contributed by atoms with Crippen LogP contribution in [0, 0.1) is 11.8 Å². The molecule has 0 amide bonds. The predicted octanol–water partition coefficient (Wildman–Crippen LogP) is 2.37. The van der Waals surface area contributed by atoms with Crippen molar-refractivity contribution in [3.05, 3.63) is 12.7 Å². The van der Waals surface area contributed by atoms with Crippen molar-refractivity contribution >= 4 is 0 Å². The van der Waals surface area contributed by atoms with Gasteiger partial charge in [-0.2, -0.15) is 0 Å². The zero-order valence-electron chi connectivity index (χ0n) is 9.49. The Morgan fingerprint density at radius 3 is 2.50 bits per heavy atom. The van der Waals surface area contributed by atoms with Crippen LogP contribution in [0.1, 0.15) is 33.6 Å². The molecule has 2 nitrogen and oxygen atoms in total. The zero-order valence-corrected chi connectivity index (χ0v) is 9.49. The molecule has 0 aromatic rings. The van der Waals surface area contributed by atoms with E-state index in [1.165, 1.54) is 0 Å². The van der Waals surface area contributed by atoms with E-state index in [4.69, 9.17) is 4.74 Å². The van der Waals surface area contributed by atoms with Crippen molar-refractivity contribution in [1.29, 1.82) is 0 Å². The van der Waals surface area contributed by atoms with Gasteiger partial charge in [-0.15, -0.1) is 6.58 Å². The highest BCUT2D eigenvalue weighted by Crippen LogP contribution is 2.40. The maximum atomic E-state index is 10.1. The second kappa shape index (κ2) is 4.45. The molecule has 82 valence electrons. The molecule has 4 atom stereocenters. The molecule has 1 rings (SSSR count). The van der Waals surface area contributed by atoms with Crippen LogP contribution in [0.4, 0.5) is 0 Å². The Morgan fingerprint density at radius 2 is 2.14 bits per heavy atom. The number of hydrogen-bond acceptors (Lipinski definition) is 2. The highest BCUT2D eigenvalue weighted by Gasteiger charge is 2.52. The van der Waals surface area contributed by atoms with Crippen LogP contribution in [0.2, 0.25) is 0 Å². The largest absolute Gasteiger partial charge is 0.389 e. The Bertz CT molecular complexity index is 196. The molecule has 0 unspecified atom stereocenters. The Labute approximate surface area is 87.0 Å². The number of rotatable bonds is 6. The number of aliphatic hydroxyl groups excluding tert-OH is 1. The summed E-state index contributed by atoms with van der Waals surface area (Å²) in [6.07, 6.45) is 3.50. The summed E-state index contributed by atoms with van der Waals surface area (Å²) in [5.74, 6) is 0.728. The molecule has 0 aromatic carbocycles. The van der Waals surface area contributed by atoms with Crippen molar-refractivity contribution in [3.8, 4) is 0 Å². The summed E-state index contributed by atoms with van der Waals surface area (Å²) in [6, 6.07) is 0. The highest BCUT2D eigenvalue weighted by atomic mass is 16.6. The lowest BCUT2D eigenvalue weighted by Gasteiger charge is -2.25. The fourth-order valence-corrected chi connectivity index (χ4v) is 1.84. The maximum absolute atomic E-state index is 10.1. The van der Waals surface area contributed by atoms with Gasteiger partial charge in [0.15, 0.2) is 0 Å². The van der Waals surface area contributed by atoms with Gasteiger partial charge in [-0.05, 0) is 12.3 Å². The Balaban J connectivity index is 2.52. The lowest BCUT2D eigenvalue weighted by Crippen LogP contribution is -2.36. The predicted molar refractivity (Wildman–Crippen MR) is 58.1 cm³/mol. The van der Waals surface area contributed by atoms with Crippen LogP contribution in [-0.2, 0) is 4.74 Å². The van der Waals surface area contributed by atoms with E-state index in [-0.39, 0.29) is 11.5 Å². The van der Waals surface area contributed by atoms with Crippen LogP contribution < -0.4 is 0 Å². The van der Waals surface area contributed by atoms with Gasteiger partial charge < -0.3 is 9.84 Å². The summed E-state index contributed by atoms with van der Waals surface area (Å²) < 4.78 is 5.46. The van der Waals surface area contributed by atoms with Gasteiger partial charge in [-0.25, -0.2) is 0 Å². The third-order valence-electron chi connectivity index (χ3n) is 3.31. The zero-order chi connectivity index (χ0) is 10.8. The standard InChI is InChI=1S/C12H22O2/c1-5-9(3)7-12(8-14-12)11(13)10(4)6-2/h6,9-11,13H,2,5,7-8H2,1,3-4H3/t9-,10-,11+,12-/m0/s1. The summed E-state index contributed by atoms with van der Waals surface area (Å²) in [6.45, 7) is 10.8. The van der Waals surface area contributed by atoms with E-state index < -0.39 is 6.10 Å². The van der Waals surface area contributed by atoms with Gasteiger partial charge >= 0.3 is 0 Å². The average Bonchev–Trinajstić information content (AvgIpc) is 2.96. The normalized spacial score (nSPS) is 32.0. The van der Waals surface area contributed by atoms with Gasteiger partial charge in [-0.1, -0.05) is 33.3 Å². The summed E-state index contributed by atoms with van der Waals surface area (Å²) in [5.41, 5.74) is -0.261. The van der Waals surface area contributed by atoms with Gasteiger partial charge in [0.25, 0.3) is 0 Å². The number of ether oxygens (including phenoxy) is 1. The van der Waals surface area contributed by atoms with Gasteiger partial charge in [0, 0.05) is 5.92 Å². The van der Waals surface area contributed by atoms with Crippen LogP contribution >= 0.6 is 0 Å². The average molecular weight is 198 g/mol. The van der Waals surface area contributed by atoms with Crippen molar-refractivity contribution < 1.29 is 9.84 Å². The van der Waals surface area contributed by atoms with Gasteiger partial charge in [0.05, 0.1) is 12.7 Å². The molecule has 1 N–H and O–H groups in total. The van der Waals surface area contributed by atoms with Crippen molar-refractivity contribution in [2.75, 3.05) is 6.61 Å². The number of epoxide rings is 1. The number of aliphatic hydroxyl groups is 1. The van der Waals surface area contributed by atoms with E-state index in [9.17, 15) is 5.11 Å². The molecule has 1 fully saturated rings. The molecular weight excluding hydrogens is 176 g/mol. The summed E-state index contributed by atoms with van der Waals surface area (Å²) in [4.78, 5) is 0. The topological polar surface area (TPSA) is 32.8 Å². The molecule has 0 spiro atoms. The molecule has 0 saturated carbocycles. The van der Waals surface area contributed by atoms with Crippen molar-refractivity contribution in [2.24, 2.45) is 11.8 Å². The van der Waals surface area contributed by atoms with E-state index in [1.54, 1.807) is 6.08 Å². The monoisotopic (exact) mass is 198 g/mol. The van der Waals surface area contributed by atoms with Crippen LogP contribution in [0.15, 0.2) is 12.7 Å². The lowest BCUT2D eigenvalue weighted by molar-refractivity contribution is 0.0350. The van der Waals surface area contributed by atoms with E-state index in [0.717, 1.165) is 12.8 Å². The lowest BCUT2D eigenvalue weighted by atomic mass is 9.85. The maximum Gasteiger partial charge on any atom is 0.118 e. The molecule has 0 bridgehead atoms. The Hall–Kier alpha value is -0.340. The fraction of sp³-hybridized carbons (Fsp3) is 0.833. The van der Waals surface area contributed by atoms with Crippen molar-refractivity contribution in [3.63, 3.8) is 0 Å². The third kappa shape index (κ3) is 2.37. The quantitative estimate of drug-likeness (QED) is 0.525. The Morgan fingerprint density at radius 1 is 1.57 bits per heavy atom. The Kier molecular flexibility index (Phi) is 3.73. The van der Waals surface area contributed by atoms with E-state index in [2.05, 4.69) is 20.4 Å². The highest BCUT2D eigenvalue weighted by molar-refractivity contribution is 5.04. The van der Waals surface area contributed by atoms with Crippen LogP contribution in [0.3, 0.4) is 0 Å². The molecule has 1 aliphatic rings. The second-order valence-corrected chi connectivity index (χ2v) is 4.61. The van der Waals surface area contributed by atoms with E-state index in [0.29, 0.717) is 12.5 Å². The molecule has 14 heavy (non-hydrogen) atoms. The first-order valence-electron chi connectivity index (χ1n) is 5.50. The van der Waals surface area contributed by atoms with Crippen LogP contribution in [-0.4, -0.2) is 23.4 Å². The minimum absolute atomic E-state index is 0.113. The van der Waals surface area contributed by atoms with Gasteiger partial charge in [0.2, 0.25) is 0 Å². The third-order valence-corrected chi connectivity index (χ3v) is 3.31. The summed E-state index contributed by atoms with van der Waals surface area (Å²) >= 11 is 0. The first kappa shape index (κ1) is 11.7. The van der Waals surface area contributed by atoms with Crippen molar-refractivity contribution in [1.82, 2.24) is 0 Å². The molecule has 0 aromatic heterocycles. The molecule has 1 aliphatic heterocycles. The van der Waals surface area contributed by atoms with Gasteiger partial charge in [0.1, 0.15) is 5.60 Å². The molecule has 0 radical (unpaired) electrons. The van der Waals surface area contributed by atoms with Crippen LogP contribution in [0.25, 0.3) is 0 Å².